The summed E-state index contributed by atoms with van der Waals surface area (Å²) in [7, 11) is 0. The van der Waals surface area contributed by atoms with E-state index in [9.17, 15) is 0 Å². The first kappa shape index (κ1) is 18.7. The zero-order valence-electron chi connectivity index (χ0n) is 13.0. The highest BCUT2D eigenvalue weighted by Crippen LogP contribution is 2.23. The molecule has 21 heavy (non-hydrogen) atoms. The van der Waals surface area contributed by atoms with Crippen molar-refractivity contribution in [1.29, 1.82) is 0 Å². The van der Waals surface area contributed by atoms with Crippen molar-refractivity contribution >= 4 is 23.2 Å². The van der Waals surface area contributed by atoms with Crippen LogP contribution in [0.1, 0.15) is 32.8 Å². The summed E-state index contributed by atoms with van der Waals surface area (Å²) in [6.07, 6.45) is 1.57. The Morgan fingerprint density at radius 1 is 1.05 bits per heavy atom. The molecule has 1 unspecified atom stereocenters. The van der Waals surface area contributed by atoms with Crippen LogP contribution in [-0.4, -0.2) is 32.1 Å². The van der Waals surface area contributed by atoms with Gasteiger partial charge < -0.3 is 14.8 Å². The zero-order chi connectivity index (χ0) is 15.7. The lowest BCUT2D eigenvalue weighted by Crippen LogP contribution is -2.45. The summed E-state index contributed by atoms with van der Waals surface area (Å²) < 4.78 is 11.4. The van der Waals surface area contributed by atoms with E-state index in [1.807, 2.05) is 32.0 Å². The molecule has 1 rings (SSSR count). The number of halogens is 2. The highest BCUT2D eigenvalue weighted by atomic mass is 35.5. The second-order valence-corrected chi connectivity index (χ2v) is 5.61. The van der Waals surface area contributed by atoms with Crippen LogP contribution in [0.25, 0.3) is 0 Å². The molecule has 0 bridgehead atoms. The van der Waals surface area contributed by atoms with Crippen molar-refractivity contribution < 1.29 is 9.47 Å². The van der Waals surface area contributed by atoms with Crippen LogP contribution in [0.3, 0.4) is 0 Å². The molecule has 1 aromatic rings. The Balaban J connectivity index is 2.81. The van der Waals surface area contributed by atoms with Crippen molar-refractivity contribution in [3.05, 3.63) is 33.8 Å². The molecule has 0 saturated carbocycles. The standard InChI is InChI=1S/C16H25Cl2NO2/c1-4-9-19-15(16(20-5-2)21-6-3)11-12-7-8-13(17)14(18)10-12/h7-8,10,15-16,19H,4-6,9,11H2,1-3H3. The van der Waals surface area contributed by atoms with Crippen LogP contribution in [0.2, 0.25) is 10.0 Å². The lowest BCUT2D eigenvalue weighted by molar-refractivity contribution is -0.153. The number of hydrogen-bond acceptors (Lipinski definition) is 3. The van der Waals surface area contributed by atoms with Crippen molar-refractivity contribution in [2.24, 2.45) is 0 Å². The van der Waals surface area contributed by atoms with Crippen LogP contribution >= 0.6 is 23.2 Å². The van der Waals surface area contributed by atoms with E-state index in [-0.39, 0.29) is 12.3 Å². The molecule has 0 aliphatic heterocycles. The SMILES string of the molecule is CCCNC(Cc1ccc(Cl)c(Cl)c1)C(OCC)OCC. The van der Waals surface area contributed by atoms with E-state index in [4.69, 9.17) is 32.7 Å². The van der Waals surface area contributed by atoms with Gasteiger partial charge in [-0.1, -0.05) is 36.2 Å². The van der Waals surface area contributed by atoms with E-state index in [0.29, 0.717) is 23.3 Å². The summed E-state index contributed by atoms with van der Waals surface area (Å²) in [5.41, 5.74) is 1.11. The summed E-state index contributed by atoms with van der Waals surface area (Å²) in [5, 5.41) is 4.65. The van der Waals surface area contributed by atoms with Crippen LogP contribution < -0.4 is 5.32 Å². The third-order valence-electron chi connectivity index (χ3n) is 3.09. The molecule has 3 nitrogen and oxygen atoms in total. The molecule has 1 aromatic carbocycles. The molecule has 0 radical (unpaired) electrons. The summed E-state index contributed by atoms with van der Waals surface area (Å²) in [6, 6.07) is 5.80. The summed E-state index contributed by atoms with van der Waals surface area (Å²) in [6.45, 7) is 8.25. The summed E-state index contributed by atoms with van der Waals surface area (Å²) in [4.78, 5) is 0. The number of nitrogens with one attached hydrogen (secondary N) is 1. The molecular weight excluding hydrogens is 309 g/mol. The second-order valence-electron chi connectivity index (χ2n) is 4.79. The lowest BCUT2D eigenvalue weighted by Gasteiger charge is -2.28. The van der Waals surface area contributed by atoms with Crippen molar-refractivity contribution in [3.63, 3.8) is 0 Å². The van der Waals surface area contributed by atoms with Gasteiger partial charge in [0.15, 0.2) is 6.29 Å². The normalized spacial score (nSPS) is 12.9. The molecule has 0 fully saturated rings. The Hall–Kier alpha value is -0.320. The van der Waals surface area contributed by atoms with E-state index in [1.165, 1.54) is 0 Å². The molecular formula is C16H25Cl2NO2. The van der Waals surface area contributed by atoms with Crippen LogP contribution in [0.5, 0.6) is 0 Å². The van der Waals surface area contributed by atoms with E-state index in [2.05, 4.69) is 12.2 Å². The highest BCUT2D eigenvalue weighted by molar-refractivity contribution is 6.42. The first-order chi connectivity index (χ1) is 10.1. The molecule has 1 N–H and O–H groups in total. The largest absolute Gasteiger partial charge is 0.351 e. The fraction of sp³-hybridized carbons (Fsp3) is 0.625. The van der Waals surface area contributed by atoms with Gasteiger partial charge in [-0.3, -0.25) is 0 Å². The van der Waals surface area contributed by atoms with Gasteiger partial charge in [0.1, 0.15) is 0 Å². The second kappa shape index (κ2) is 10.4. The molecule has 1 atom stereocenters. The number of ether oxygens (including phenoxy) is 2. The van der Waals surface area contributed by atoms with Gasteiger partial charge in [-0.2, -0.15) is 0 Å². The minimum absolute atomic E-state index is 0.0853. The van der Waals surface area contributed by atoms with Gasteiger partial charge in [0.25, 0.3) is 0 Å². The average molecular weight is 334 g/mol. The molecule has 0 amide bonds. The van der Waals surface area contributed by atoms with E-state index >= 15 is 0 Å². The molecule has 0 aliphatic rings. The fourth-order valence-electron chi connectivity index (χ4n) is 2.12. The predicted octanol–water partition coefficient (Wildman–Crippen LogP) is 4.30. The maximum absolute atomic E-state index is 6.09. The van der Waals surface area contributed by atoms with Gasteiger partial charge in [-0.25, -0.2) is 0 Å². The van der Waals surface area contributed by atoms with Gasteiger partial charge >= 0.3 is 0 Å². The molecule has 0 aliphatic carbocycles. The number of hydrogen-bond donors (Lipinski definition) is 1. The first-order valence-electron chi connectivity index (χ1n) is 7.52. The van der Waals surface area contributed by atoms with Crippen molar-refractivity contribution in [2.75, 3.05) is 19.8 Å². The molecule has 0 heterocycles. The van der Waals surface area contributed by atoms with Crippen LogP contribution in [0.4, 0.5) is 0 Å². The minimum atomic E-state index is -0.263. The van der Waals surface area contributed by atoms with Crippen LogP contribution in [0, 0.1) is 0 Å². The molecule has 0 saturated heterocycles. The van der Waals surface area contributed by atoms with Gasteiger partial charge in [-0.15, -0.1) is 0 Å². The van der Waals surface area contributed by atoms with Gasteiger partial charge in [0, 0.05) is 13.2 Å². The monoisotopic (exact) mass is 333 g/mol. The summed E-state index contributed by atoms with van der Waals surface area (Å²) >= 11 is 12.1. The maximum Gasteiger partial charge on any atom is 0.172 e. The number of rotatable bonds is 10. The average Bonchev–Trinajstić information content (AvgIpc) is 2.47. The van der Waals surface area contributed by atoms with Gasteiger partial charge in [-0.05, 0) is 50.9 Å². The number of benzene rings is 1. The molecule has 120 valence electrons. The maximum atomic E-state index is 6.09. The highest BCUT2D eigenvalue weighted by Gasteiger charge is 2.22. The zero-order valence-corrected chi connectivity index (χ0v) is 14.5. The van der Waals surface area contributed by atoms with Crippen molar-refractivity contribution in [3.8, 4) is 0 Å². The Bertz CT molecular complexity index is 409. The third kappa shape index (κ3) is 6.54. The van der Waals surface area contributed by atoms with Crippen LogP contribution in [-0.2, 0) is 15.9 Å². The smallest absolute Gasteiger partial charge is 0.172 e. The van der Waals surface area contributed by atoms with Gasteiger partial charge in [0.05, 0.1) is 16.1 Å². The van der Waals surface area contributed by atoms with Crippen LogP contribution in [0.15, 0.2) is 18.2 Å². The third-order valence-corrected chi connectivity index (χ3v) is 3.83. The predicted molar refractivity (Wildman–Crippen MR) is 89.3 cm³/mol. The molecule has 0 aromatic heterocycles. The van der Waals surface area contributed by atoms with E-state index in [1.54, 1.807) is 0 Å². The van der Waals surface area contributed by atoms with E-state index < -0.39 is 0 Å². The lowest BCUT2D eigenvalue weighted by atomic mass is 10.1. The Kier molecular flexibility index (Phi) is 9.29. The summed E-state index contributed by atoms with van der Waals surface area (Å²) in [5.74, 6) is 0. The first-order valence-corrected chi connectivity index (χ1v) is 8.28. The molecule has 5 heteroatoms. The molecule has 0 spiro atoms. The van der Waals surface area contributed by atoms with E-state index in [0.717, 1.165) is 24.9 Å². The van der Waals surface area contributed by atoms with Crippen molar-refractivity contribution in [2.45, 2.75) is 45.9 Å². The Morgan fingerprint density at radius 3 is 2.24 bits per heavy atom. The van der Waals surface area contributed by atoms with Crippen molar-refractivity contribution in [1.82, 2.24) is 5.32 Å². The van der Waals surface area contributed by atoms with Gasteiger partial charge in [0.2, 0.25) is 0 Å². The topological polar surface area (TPSA) is 30.5 Å². The minimum Gasteiger partial charge on any atom is -0.351 e. The Morgan fingerprint density at radius 2 is 1.71 bits per heavy atom. The Labute approximate surface area is 137 Å². The quantitative estimate of drug-likeness (QED) is 0.647. The fourth-order valence-corrected chi connectivity index (χ4v) is 2.44.